The van der Waals surface area contributed by atoms with Gasteiger partial charge in [0.15, 0.2) is 5.16 Å². The maximum Gasteiger partial charge on any atom is 0.267 e. The lowest BCUT2D eigenvalue weighted by molar-refractivity contribution is -0.113. The molecule has 5 nitrogen and oxygen atoms in total. The second kappa shape index (κ2) is 9.48. The van der Waals surface area contributed by atoms with Crippen molar-refractivity contribution in [3.63, 3.8) is 0 Å². The van der Waals surface area contributed by atoms with Gasteiger partial charge in [-0.2, -0.15) is 0 Å². The first-order valence-electron chi connectivity index (χ1n) is 10.2. The van der Waals surface area contributed by atoms with Gasteiger partial charge in [0.1, 0.15) is 4.83 Å². The second-order valence-corrected chi connectivity index (χ2v) is 9.95. The highest BCUT2D eigenvalue weighted by atomic mass is 35.5. The number of rotatable bonds is 6. The first-order chi connectivity index (χ1) is 15.4. The van der Waals surface area contributed by atoms with Crippen molar-refractivity contribution in [2.75, 3.05) is 11.1 Å². The zero-order chi connectivity index (χ0) is 22.8. The van der Waals surface area contributed by atoms with E-state index in [2.05, 4.69) is 12.2 Å². The van der Waals surface area contributed by atoms with E-state index < -0.39 is 0 Å². The molecule has 0 unspecified atom stereocenters. The minimum atomic E-state index is -0.152. The first kappa shape index (κ1) is 22.6. The average Bonchev–Trinajstić information content (AvgIpc) is 3.19. The number of fused-ring (bicyclic) bond motifs is 1. The monoisotopic (exact) mass is 483 g/mol. The standard InChI is InChI=1S/C24H22ClN3O2S2/c1-4-18-12-19-22(32-18)27-24(28(23(19)30)17-9-7-16(25)8-10-17)31-13-21(29)26-20-11-14(2)5-6-15(20)3/h5-12H,4,13H2,1-3H3,(H,26,29). The van der Waals surface area contributed by atoms with Gasteiger partial charge in [0.05, 0.1) is 16.8 Å². The third-order valence-corrected chi connectivity index (χ3v) is 7.38. The van der Waals surface area contributed by atoms with Crippen LogP contribution in [0.15, 0.2) is 58.5 Å². The van der Waals surface area contributed by atoms with Gasteiger partial charge < -0.3 is 5.32 Å². The van der Waals surface area contributed by atoms with Crippen LogP contribution in [0.3, 0.4) is 0 Å². The number of aromatic nitrogens is 2. The molecule has 0 aliphatic rings. The van der Waals surface area contributed by atoms with E-state index in [0.29, 0.717) is 26.1 Å². The highest BCUT2D eigenvalue weighted by molar-refractivity contribution is 7.99. The molecule has 0 saturated heterocycles. The van der Waals surface area contributed by atoms with Crippen molar-refractivity contribution in [3.05, 3.63) is 79.9 Å². The molecular weight excluding hydrogens is 462 g/mol. The summed E-state index contributed by atoms with van der Waals surface area (Å²) in [4.78, 5) is 32.6. The summed E-state index contributed by atoms with van der Waals surface area (Å²) in [5.41, 5.74) is 3.38. The molecule has 0 aliphatic heterocycles. The second-order valence-electron chi connectivity index (χ2n) is 7.45. The van der Waals surface area contributed by atoms with E-state index in [9.17, 15) is 9.59 Å². The number of carbonyl (C=O) groups is 1. The Morgan fingerprint density at radius 1 is 1.16 bits per heavy atom. The van der Waals surface area contributed by atoms with Gasteiger partial charge >= 0.3 is 0 Å². The van der Waals surface area contributed by atoms with Gasteiger partial charge in [0.2, 0.25) is 5.91 Å². The number of nitrogens with one attached hydrogen (secondary N) is 1. The van der Waals surface area contributed by atoms with E-state index in [1.165, 1.54) is 23.1 Å². The first-order valence-corrected chi connectivity index (χ1v) is 12.3. The van der Waals surface area contributed by atoms with Crippen molar-refractivity contribution in [2.45, 2.75) is 32.3 Å². The quantitative estimate of drug-likeness (QED) is 0.269. The van der Waals surface area contributed by atoms with E-state index in [0.717, 1.165) is 28.1 Å². The van der Waals surface area contributed by atoms with Crippen LogP contribution in [0, 0.1) is 13.8 Å². The Morgan fingerprint density at radius 2 is 1.91 bits per heavy atom. The molecule has 4 aromatic rings. The van der Waals surface area contributed by atoms with Crippen LogP contribution in [0.5, 0.6) is 0 Å². The van der Waals surface area contributed by atoms with Crippen molar-refractivity contribution < 1.29 is 4.79 Å². The number of aryl methyl sites for hydroxylation is 3. The molecule has 1 N–H and O–H groups in total. The summed E-state index contributed by atoms with van der Waals surface area (Å²) in [6.45, 7) is 5.99. The molecule has 0 spiro atoms. The number of carbonyl (C=O) groups excluding carboxylic acids is 1. The van der Waals surface area contributed by atoms with Crippen molar-refractivity contribution in [1.29, 1.82) is 0 Å². The van der Waals surface area contributed by atoms with Crippen LogP contribution in [-0.4, -0.2) is 21.2 Å². The fourth-order valence-electron chi connectivity index (χ4n) is 3.29. The number of amides is 1. The van der Waals surface area contributed by atoms with Gasteiger partial charge in [-0.05, 0) is 67.8 Å². The molecule has 8 heteroatoms. The molecule has 1 amide bonds. The van der Waals surface area contributed by atoms with Crippen molar-refractivity contribution in [1.82, 2.24) is 9.55 Å². The Kier molecular flexibility index (Phi) is 6.69. The van der Waals surface area contributed by atoms with Crippen LogP contribution in [0.2, 0.25) is 5.02 Å². The molecular formula is C24H22ClN3O2S2. The van der Waals surface area contributed by atoms with Gasteiger partial charge in [-0.1, -0.05) is 42.4 Å². The summed E-state index contributed by atoms with van der Waals surface area (Å²) in [5, 5.41) is 4.61. The maximum atomic E-state index is 13.4. The fraction of sp³-hybridized carbons (Fsp3) is 0.208. The molecule has 0 saturated carbocycles. The number of benzene rings is 2. The van der Waals surface area contributed by atoms with E-state index in [1.54, 1.807) is 28.8 Å². The highest BCUT2D eigenvalue weighted by Crippen LogP contribution is 2.27. The number of hydrogen-bond acceptors (Lipinski definition) is 5. The lowest BCUT2D eigenvalue weighted by atomic mass is 10.1. The van der Waals surface area contributed by atoms with E-state index in [-0.39, 0.29) is 17.2 Å². The lowest BCUT2D eigenvalue weighted by Crippen LogP contribution is -2.22. The largest absolute Gasteiger partial charge is 0.325 e. The summed E-state index contributed by atoms with van der Waals surface area (Å²) >= 11 is 8.80. The molecule has 0 fully saturated rings. The molecule has 0 atom stereocenters. The third kappa shape index (κ3) is 4.75. The molecule has 0 bridgehead atoms. The molecule has 2 heterocycles. The summed E-state index contributed by atoms with van der Waals surface area (Å²) in [6.07, 6.45) is 0.835. The summed E-state index contributed by atoms with van der Waals surface area (Å²) < 4.78 is 1.56. The number of anilines is 1. The molecule has 2 aromatic heterocycles. The zero-order valence-corrected chi connectivity index (χ0v) is 20.3. The van der Waals surface area contributed by atoms with Crippen molar-refractivity contribution in [3.8, 4) is 5.69 Å². The van der Waals surface area contributed by atoms with Crippen LogP contribution in [0.25, 0.3) is 15.9 Å². The van der Waals surface area contributed by atoms with Crippen LogP contribution < -0.4 is 10.9 Å². The van der Waals surface area contributed by atoms with Gasteiger partial charge in [0.25, 0.3) is 5.56 Å². The van der Waals surface area contributed by atoms with Crippen LogP contribution in [0.1, 0.15) is 22.9 Å². The molecule has 4 rings (SSSR count). The van der Waals surface area contributed by atoms with Gasteiger partial charge in [-0.3, -0.25) is 14.2 Å². The van der Waals surface area contributed by atoms with Crippen LogP contribution >= 0.6 is 34.7 Å². The zero-order valence-electron chi connectivity index (χ0n) is 17.9. The molecule has 0 aliphatic carbocycles. The van der Waals surface area contributed by atoms with Gasteiger partial charge in [-0.15, -0.1) is 11.3 Å². The Bertz CT molecular complexity index is 1360. The van der Waals surface area contributed by atoms with Crippen LogP contribution in [-0.2, 0) is 11.2 Å². The van der Waals surface area contributed by atoms with E-state index >= 15 is 0 Å². The number of nitrogens with zero attached hydrogens (tertiary/aromatic N) is 2. The van der Waals surface area contributed by atoms with Crippen molar-refractivity contribution in [2.24, 2.45) is 0 Å². The SMILES string of the molecule is CCc1cc2c(=O)n(-c3ccc(Cl)cc3)c(SCC(=O)Nc3cc(C)ccc3C)nc2s1. The third-order valence-electron chi connectivity index (χ3n) is 5.02. The minimum Gasteiger partial charge on any atom is -0.325 e. The summed E-state index contributed by atoms with van der Waals surface area (Å²) in [5.74, 6) is -0.0218. The number of hydrogen-bond donors (Lipinski definition) is 1. The van der Waals surface area contributed by atoms with Crippen LogP contribution in [0.4, 0.5) is 5.69 Å². The summed E-state index contributed by atoms with van der Waals surface area (Å²) in [6, 6.07) is 14.9. The Balaban J connectivity index is 1.68. The molecule has 32 heavy (non-hydrogen) atoms. The molecule has 0 radical (unpaired) electrons. The van der Waals surface area contributed by atoms with Gasteiger partial charge in [-0.25, -0.2) is 4.98 Å². The minimum absolute atomic E-state index is 0.130. The number of halogens is 1. The fourth-order valence-corrected chi connectivity index (χ4v) is 5.23. The molecule has 164 valence electrons. The average molecular weight is 484 g/mol. The smallest absolute Gasteiger partial charge is 0.267 e. The maximum absolute atomic E-state index is 13.4. The van der Waals surface area contributed by atoms with E-state index in [4.69, 9.17) is 16.6 Å². The normalized spacial score (nSPS) is 11.1. The Labute approximate surface area is 199 Å². The summed E-state index contributed by atoms with van der Waals surface area (Å²) in [7, 11) is 0. The van der Waals surface area contributed by atoms with Gasteiger partial charge in [0, 0.05) is 15.6 Å². The Hall–Kier alpha value is -2.61. The lowest BCUT2D eigenvalue weighted by Gasteiger charge is -2.13. The highest BCUT2D eigenvalue weighted by Gasteiger charge is 2.17. The van der Waals surface area contributed by atoms with Crippen molar-refractivity contribution >= 4 is 56.5 Å². The predicted molar refractivity (Wildman–Crippen MR) is 135 cm³/mol. The topological polar surface area (TPSA) is 64.0 Å². The molecule has 2 aromatic carbocycles. The Morgan fingerprint density at radius 3 is 2.62 bits per heavy atom. The number of thioether (sulfide) groups is 1. The predicted octanol–water partition coefficient (Wildman–Crippen LogP) is 6.01. The number of thiophene rings is 1. The van der Waals surface area contributed by atoms with E-state index in [1.807, 2.05) is 38.1 Å².